The highest BCUT2D eigenvalue weighted by atomic mass is 35.5. The number of hydrogen-bond donors (Lipinski definition) is 1. The maximum atomic E-state index is 13.4. The largest absolute Gasteiger partial charge is 0.312 e. The van der Waals surface area contributed by atoms with Crippen molar-refractivity contribution in [1.82, 2.24) is 5.32 Å². The lowest BCUT2D eigenvalue weighted by molar-refractivity contribution is 0.536. The van der Waals surface area contributed by atoms with E-state index in [1.54, 1.807) is 12.1 Å². The van der Waals surface area contributed by atoms with Crippen molar-refractivity contribution in [2.45, 2.75) is 13.0 Å². The van der Waals surface area contributed by atoms with Crippen LogP contribution in [-0.4, -0.2) is 6.54 Å². The Morgan fingerprint density at radius 3 is 2.35 bits per heavy atom. The molecule has 0 radical (unpaired) electrons. The topological polar surface area (TPSA) is 12.0 Å². The first-order valence-corrected chi connectivity index (χ1v) is 6.91. The molecule has 0 aliphatic carbocycles. The first kappa shape index (κ1) is 15.2. The third kappa shape index (κ3) is 3.92. The monoisotopic (exact) mass is 315 g/mol. The summed E-state index contributed by atoms with van der Waals surface area (Å²) < 4.78 is 26.8. The van der Waals surface area contributed by atoms with E-state index in [1.165, 1.54) is 18.2 Å². The lowest BCUT2D eigenvalue weighted by Crippen LogP contribution is -2.18. The predicted octanol–water partition coefficient (Wildman–Crippen LogP) is 4.60. The summed E-state index contributed by atoms with van der Waals surface area (Å²) in [5.41, 5.74) is 0.993. The van der Waals surface area contributed by atoms with Gasteiger partial charge in [0.2, 0.25) is 0 Å². The lowest BCUT2D eigenvalue weighted by Gasteiger charge is -2.08. The number of rotatable bonds is 5. The molecule has 0 atom stereocenters. The summed E-state index contributed by atoms with van der Waals surface area (Å²) >= 11 is 11.9. The van der Waals surface area contributed by atoms with Gasteiger partial charge in [0.25, 0.3) is 0 Å². The minimum Gasteiger partial charge on any atom is -0.312 e. The van der Waals surface area contributed by atoms with Crippen LogP contribution in [0.2, 0.25) is 10.0 Å². The van der Waals surface area contributed by atoms with Gasteiger partial charge in [-0.05, 0) is 42.8 Å². The fourth-order valence-corrected chi connectivity index (χ4v) is 2.37. The van der Waals surface area contributed by atoms with Crippen molar-refractivity contribution in [3.8, 4) is 0 Å². The molecule has 0 aliphatic rings. The minimum atomic E-state index is -0.540. The van der Waals surface area contributed by atoms with Crippen molar-refractivity contribution in [2.24, 2.45) is 0 Å². The normalized spacial score (nSPS) is 10.8. The van der Waals surface area contributed by atoms with Gasteiger partial charge in [0, 0.05) is 22.2 Å². The Hall–Kier alpha value is -1.16. The molecule has 0 amide bonds. The minimum absolute atomic E-state index is 0.0507. The van der Waals surface area contributed by atoms with Gasteiger partial charge in [-0.1, -0.05) is 35.3 Å². The van der Waals surface area contributed by atoms with Crippen molar-refractivity contribution in [2.75, 3.05) is 6.54 Å². The van der Waals surface area contributed by atoms with Crippen LogP contribution in [0.4, 0.5) is 8.78 Å². The van der Waals surface area contributed by atoms with Crippen LogP contribution in [0.1, 0.15) is 11.1 Å². The highest BCUT2D eigenvalue weighted by Gasteiger charge is 2.07. The Morgan fingerprint density at radius 1 is 1.00 bits per heavy atom. The predicted molar refractivity (Wildman–Crippen MR) is 78.2 cm³/mol. The van der Waals surface area contributed by atoms with Gasteiger partial charge >= 0.3 is 0 Å². The first-order chi connectivity index (χ1) is 9.58. The molecule has 0 unspecified atom stereocenters. The van der Waals surface area contributed by atoms with Gasteiger partial charge in [-0.2, -0.15) is 0 Å². The molecular formula is C15H13Cl2F2N. The third-order valence-corrected chi connectivity index (χ3v) is 3.54. The van der Waals surface area contributed by atoms with E-state index in [2.05, 4.69) is 5.32 Å². The van der Waals surface area contributed by atoms with Crippen LogP contribution in [0, 0.1) is 11.6 Å². The zero-order chi connectivity index (χ0) is 14.5. The van der Waals surface area contributed by atoms with Gasteiger partial charge in [0.15, 0.2) is 0 Å². The zero-order valence-electron chi connectivity index (χ0n) is 10.6. The number of nitrogens with one attached hydrogen (secondary N) is 1. The second-order valence-electron chi connectivity index (χ2n) is 4.36. The number of benzene rings is 2. The summed E-state index contributed by atoms with van der Waals surface area (Å²) in [5, 5.41) is 4.18. The van der Waals surface area contributed by atoms with Crippen LogP contribution < -0.4 is 5.32 Å². The molecule has 0 bridgehead atoms. The Morgan fingerprint density at radius 2 is 1.70 bits per heavy atom. The van der Waals surface area contributed by atoms with Crippen LogP contribution in [0.25, 0.3) is 0 Å². The quantitative estimate of drug-likeness (QED) is 0.795. The molecule has 2 aromatic rings. The van der Waals surface area contributed by atoms with Gasteiger partial charge in [-0.25, -0.2) is 8.78 Å². The molecular weight excluding hydrogens is 303 g/mol. The maximum Gasteiger partial charge on any atom is 0.130 e. The molecule has 0 spiro atoms. The Labute approximate surface area is 126 Å². The summed E-state index contributed by atoms with van der Waals surface area (Å²) in [6, 6.07) is 9.12. The number of hydrogen-bond acceptors (Lipinski definition) is 1. The third-order valence-electron chi connectivity index (χ3n) is 2.95. The number of halogens is 4. The molecule has 106 valence electrons. The van der Waals surface area contributed by atoms with Crippen LogP contribution in [0.5, 0.6) is 0 Å². The smallest absolute Gasteiger partial charge is 0.130 e. The Bertz CT molecular complexity index is 582. The molecule has 2 rings (SSSR count). The summed E-state index contributed by atoms with van der Waals surface area (Å²) in [6.07, 6.45) is 0.659. The van der Waals surface area contributed by atoms with E-state index in [4.69, 9.17) is 23.2 Å². The average molecular weight is 316 g/mol. The van der Waals surface area contributed by atoms with E-state index in [-0.39, 0.29) is 12.1 Å². The fraction of sp³-hybridized carbons (Fsp3) is 0.200. The maximum absolute atomic E-state index is 13.4. The molecule has 5 heteroatoms. The molecule has 20 heavy (non-hydrogen) atoms. The Balaban J connectivity index is 1.88. The molecule has 0 aromatic heterocycles. The molecule has 2 aromatic carbocycles. The molecule has 1 nitrogen and oxygen atoms in total. The molecule has 0 heterocycles. The SMILES string of the molecule is Fc1cccc(F)c1CNCCc1ccc(Cl)cc1Cl. The summed E-state index contributed by atoms with van der Waals surface area (Å²) in [4.78, 5) is 0. The molecule has 1 N–H and O–H groups in total. The molecule has 0 aliphatic heterocycles. The summed E-state index contributed by atoms with van der Waals surface area (Å²) in [7, 11) is 0. The highest BCUT2D eigenvalue weighted by Crippen LogP contribution is 2.21. The second-order valence-corrected chi connectivity index (χ2v) is 5.21. The van der Waals surface area contributed by atoms with E-state index in [1.807, 2.05) is 6.07 Å². The van der Waals surface area contributed by atoms with Crippen molar-refractivity contribution >= 4 is 23.2 Å². The summed E-state index contributed by atoms with van der Waals surface area (Å²) in [6.45, 7) is 0.707. The Kier molecular flexibility index (Phi) is 5.35. The standard InChI is InChI=1S/C15H13Cl2F2N/c16-11-5-4-10(13(17)8-11)6-7-20-9-12-14(18)2-1-3-15(12)19/h1-5,8,20H,6-7,9H2. The van der Waals surface area contributed by atoms with Crippen molar-refractivity contribution in [3.05, 3.63) is 69.2 Å². The van der Waals surface area contributed by atoms with E-state index in [0.717, 1.165) is 5.56 Å². The van der Waals surface area contributed by atoms with Gasteiger partial charge in [-0.3, -0.25) is 0 Å². The van der Waals surface area contributed by atoms with E-state index >= 15 is 0 Å². The van der Waals surface area contributed by atoms with Crippen LogP contribution in [0.3, 0.4) is 0 Å². The van der Waals surface area contributed by atoms with Crippen molar-refractivity contribution in [1.29, 1.82) is 0 Å². The summed E-state index contributed by atoms with van der Waals surface area (Å²) in [5.74, 6) is -1.08. The highest BCUT2D eigenvalue weighted by molar-refractivity contribution is 6.35. The lowest BCUT2D eigenvalue weighted by atomic mass is 10.1. The molecule has 0 saturated carbocycles. The second kappa shape index (κ2) is 7.02. The molecule has 0 saturated heterocycles. The van der Waals surface area contributed by atoms with E-state index in [0.29, 0.717) is 23.0 Å². The molecule has 0 fully saturated rings. The van der Waals surface area contributed by atoms with Crippen LogP contribution >= 0.6 is 23.2 Å². The van der Waals surface area contributed by atoms with Gasteiger partial charge in [0.05, 0.1) is 0 Å². The van der Waals surface area contributed by atoms with Crippen LogP contribution in [-0.2, 0) is 13.0 Å². The fourth-order valence-electron chi connectivity index (χ4n) is 1.86. The average Bonchev–Trinajstić information content (AvgIpc) is 2.39. The first-order valence-electron chi connectivity index (χ1n) is 6.15. The van der Waals surface area contributed by atoms with E-state index in [9.17, 15) is 8.78 Å². The van der Waals surface area contributed by atoms with Gasteiger partial charge in [-0.15, -0.1) is 0 Å². The van der Waals surface area contributed by atoms with E-state index < -0.39 is 11.6 Å². The zero-order valence-corrected chi connectivity index (χ0v) is 12.1. The van der Waals surface area contributed by atoms with Crippen molar-refractivity contribution in [3.63, 3.8) is 0 Å². The van der Waals surface area contributed by atoms with Gasteiger partial charge in [0.1, 0.15) is 11.6 Å². The van der Waals surface area contributed by atoms with Crippen molar-refractivity contribution < 1.29 is 8.78 Å². The van der Waals surface area contributed by atoms with Crippen LogP contribution in [0.15, 0.2) is 36.4 Å². The van der Waals surface area contributed by atoms with Gasteiger partial charge < -0.3 is 5.32 Å².